The highest BCUT2D eigenvalue weighted by Gasteiger charge is 2.15. The van der Waals surface area contributed by atoms with E-state index < -0.39 is 0 Å². The Morgan fingerprint density at radius 2 is 1.67 bits per heavy atom. The average molecular weight is 194 g/mol. The molecule has 0 bridgehead atoms. The molecule has 0 heteroatoms. The molecule has 15 heavy (non-hydrogen) atoms. The topological polar surface area (TPSA) is 0 Å². The van der Waals surface area contributed by atoms with Crippen LogP contribution in [-0.4, -0.2) is 0 Å². The molecule has 2 aromatic carbocycles. The molecule has 0 spiro atoms. The van der Waals surface area contributed by atoms with Gasteiger partial charge in [-0.3, -0.25) is 0 Å². The molecule has 1 aliphatic rings. The number of hydrogen-bond donors (Lipinski definition) is 0. The SMILES string of the molecule is CC(=C1CC1)c1ccc2ccccc2c1. The Bertz CT molecular complexity index is 541. The van der Waals surface area contributed by atoms with Crippen LogP contribution in [0.4, 0.5) is 0 Å². The van der Waals surface area contributed by atoms with E-state index in [9.17, 15) is 0 Å². The summed E-state index contributed by atoms with van der Waals surface area (Å²) in [6.07, 6.45) is 2.61. The fourth-order valence-corrected chi connectivity index (χ4v) is 2.06. The van der Waals surface area contributed by atoms with Crippen molar-refractivity contribution in [2.75, 3.05) is 0 Å². The zero-order valence-electron chi connectivity index (χ0n) is 8.96. The summed E-state index contributed by atoms with van der Waals surface area (Å²) in [7, 11) is 0. The molecule has 0 N–H and O–H groups in total. The largest absolute Gasteiger partial charge is 0.0661 e. The predicted molar refractivity (Wildman–Crippen MR) is 65.8 cm³/mol. The summed E-state index contributed by atoms with van der Waals surface area (Å²) >= 11 is 0. The predicted octanol–water partition coefficient (Wildman–Crippen LogP) is 4.41. The fraction of sp³-hybridized carbons (Fsp3) is 0.200. The van der Waals surface area contributed by atoms with Gasteiger partial charge in [0.15, 0.2) is 0 Å². The first-order chi connectivity index (χ1) is 7.34. The van der Waals surface area contributed by atoms with Crippen LogP contribution in [0.5, 0.6) is 0 Å². The van der Waals surface area contributed by atoms with Crippen molar-refractivity contribution in [2.24, 2.45) is 0 Å². The van der Waals surface area contributed by atoms with Crippen molar-refractivity contribution in [1.29, 1.82) is 0 Å². The molecule has 2 aromatic rings. The lowest BCUT2D eigenvalue weighted by molar-refractivity contribution is 1.50. The van der Waals surface area contributed by atoms with E-state index in [1.165, 1.54) is 34.8 Å². The maximum Gasteiger partial charge on any atom is -0.0178 e. The molecule has 0 heterocycles. The zero-order valence-corrected chi connectivity index (χ0v) is 8.96. The minimum absolute atomic E-state index is 1.30. The van der Waals surface area contributed by atoms with Crippen LogP contribution in [0.3, 0.4) is 0 Å². The molecule has 1 saturated carbocycles. The third-order valence-electron chi connectivity index (χ3n) is 3.21. The molecule has 1 aliphatic carbocycles. The van der Waals surface area contributed by atoms with Crippen molar-refractivity contribution in [2.45, 2.75) is 19.8 Å². The Morgan fingerprint density at radius 1 is 0.933 bits per heavy atom. The minimum atomic E-state index is 1.30. The number of fused-ring (bicyclic) bond motifs is 1. The smallest absolute Gasteiger partial charge is 0.0178 e. The summed E-state index contributed by atoms with van der Waals surface area (Å²) in [5.74, 6) is 0. The molecule has 0 unspecified atom stereocenters. The molecular weight excluding hydrogens is 180 g/mol. The molecule has 0 aliphatic heterocycles. The summed E-state index contributed by atoms with van der Waals surface area (Å²) in [5, 5.41) is 2.67. The lowest BCUT2D eigenvalue weighted by atomic mass is 10.0. The molecule has 0 aromatic heterocycles. The van der Waals surface area contributed by atoms with Crippen LogP contribution < -0.4 is 0 Å². The molecule has 0 radical (unpaired) electrons. The van der Waals surface area contributed by atoms with Crippen LogP contribution in [0.1, 0.15) is 25.3 Å². The van der Waals surface area contributed by atoms with Crippen molar-refractivity contribution in [3.05, 3.63) is 53.6 Å². The van der Waals surface area contributed by atoms with Crippen LogP contribution in [0, 0.1) is 0 Å². The van der Waals surface area contributed by atoms with Gasteiger partial charge in [-0.05, 0) is 47.7 Å². The number of hydrogen-bond acceptors (Lipinski definition) is 0. The zero-order chi connectivity index (χ0) is 10.3. The second kappa shape index (κ2) is 3.23. The highest BCUT2D eigenvalue weighted by molar-refractivity contribution is 5.86. The van der Waals surface area contributed by atoms with Gasteiger partial charge in [0.25, 0.3) is 0 Å². The molecule has 0 saturated heterocycles. The maximum atomic E-state index is 2.30. The first-order valence-corrected chi connectivity index (χ1v) is 5.52. The maximum absolute atomic E-state index is 2.30. The van der Waals surface area contributed by atoms with Gasteiger partial charge in [-0.2, -0.15) is 0 Å². The van der Waals surface area contributed by atoms with E-state index in [1.54, 1.807) is 5.57 Å². The average Bonchev–Trinajstić information content (AvgIpc) is 3.11. The third kappa shape index (κ3) is 1.56. The Balaban J connectivity index is 2.18. The molecule has 0 nitrogen and oxygen atoms in total. The van der Waals surface area contributed by atoms with Crippen LogP contribution in [-0.2, 0) is 0 Å². The van der Waals surface area contributed by atoms with Crippen molar-refractivity contribution < 1.29 is 0 Å². The molecule has 1 fully saturated rings. The van der Waals surface area contributed by atoms with E-state index in [1.807, 2.05) is 0 Å². The van der Waals surface area contributed by atoms with Gasteiger partial charge >= 0.3 is 0 Å². The van der Waals surface area contributed by atoms with Gasteiger partial charge in [0.1, 0.15) is 0 Å². The van der Waals surface area contributed by atoms with Crippen molar-refractivity contribution in [1.82, 2.24) is 0 Å². The van der Waals surface area contributed by atoms with Gasteiger partial charge in [0, 0.05) is 0 Å². The Kier molecular flexibility index (Phi) is 1.88. The van der Waals surface area contributed by atoms with E-state index >= 15 is 0 Å². The highest BCUT2D eigenvalue weighted by Crippen LogP contribution is 2.36. The van der Waals surface area contributed by atoms with Gasteiger partial charge in [-0.25, -0.2) is 0 Å². The van der Waals surface area contributed by atoms with Crippen molar-refractivity contribution in [3.63, 3.8) is 0 Å². The van der Waals surface area contributed by atoms with E-state index in [0.717, 1.165) is 0 Å². The Morgan fingerprint density at radius 3 is 2.40 bits per heavy atom. The van der Waals surface area contributed by atoms with Gasteiger partial charge in [-0.1, -0.05) is 42.0 Å². The first-order valence-electron chi connectivity index (χ1n) is 5.52. The lowest BCUT2D eigenvalue weighted by Crippen LogP contribution is -1.80. The Hall–Kier alpha value is -1.56. The van der Waals surface area contributed by atoms with Gasteiger partial charge in [0.2, 0.25) is 0 Å². The first kappa shape index (κ1) is 8.72. The number of benzene rings is 2. The van der Waals surface area contributed by atoms with E-state index in [0.29, 0.717) is 0 Å². The summed E-state index contributed by atoms with van der Waals surface area (Å²) in [5.41, 5.74) is 4.51. The quantitative estimate of drug-likeness (QED) is 0.631. The molecule has 0 amide bonds. The van der Waals surface area contributed by atoms with Crippen LogP contribution in [0.25, 0.3) is 16.3 Å². The molecule has 0 atom stereocenters. The summed E-state index contributed by atoms with van der Waals surface area (Å²) < 4.78 is 0. The third-order valence-corrected chi connectivity index (χ3v) is 3.21. The highest BCUT2D eigenvalue weighted by atomic mass is 14.2. The van der Waals surface area contributed by atoms with E-state index in [-0.39, 0.29) is 0 Å². The molecular formula is C15H14. The second-order valence-corrected chi connectivity index (χ2v) is 4.29. The number of allylic oxidation sites excluding steroid dienone is 2. The molecule has 74 valence electrons. The minimum Gasteiger partial charge on any atom is -0.0661 e. The van der Waals surface area contributed by atoms with Crippen molar-refractivity contribution >= 4 is 16.3 Å². The van der Waals surface area contributed by atoms with Gasteiger partial charge in [-0.15, -0.1) is 0 Å². The summed E-state index contributed by atoms with van der Waals surface area (Å²) in [4.78, 5) is 0. The summed E-state index contributed by atoms with van der Waals surface area (Å²) in [6.45, 7) is 2.24. The second-order valence-electron chi connectivity index (χ2n) is 4.29. The van der Waals surface area contributed by atoms with Crippen LogP contribution >= 0.6 is 0 Å². The fourth-order valence-electron chi connectivity index (χ4n) is 2.06. The normalized spacial score (nSPS) is 14.3. The van der Waals surface area contributed by atoms with Crippen LogP contribution in [0.2, 0.25) is 0 Å². The van der Waals surface area contributed by atoms with E-state index in [2.05, 4.69) is 49.4 Å². The van der Waals surface area contributed by atoms with E-state index in [4.69, 9.17) is 0 Å². The van der Waals surface area contributed by atoms with Gasteiger partial charge < -0.3 is 0 Å². The summed E-state index contributed by atoms with van der Waals surface area (Å²) in [6, 6.07) is 15.3. The van der Waals surface area contributed by atoms with Gasteiger partial charge in [0.05, 0.1) is 0 Å². The van der Waals surface area contributed by atoms with Crippen LogP contribution in [0.15, 0.2) is 48.0 Å². The standard InChI is InChI=1S/C15H14/c1-11(12-6-7-12)14-9-8-13-4-2-3-5-15(13)10-14/h2-5,8-10H,6-7H2,1H3. The monoisotopic (exact) mass is 194 g/mol. The Labute approximate surface area is 90.2 Å². The molecule has 3 rings (SSSR count). The number of rotatable bonds is 1. The van der Waals surface area contributed by atoms with Crippen molar-refractivity contribution in [3.8, 4) is 0 Å². The lowest BCUT2D eigenvalue weighted by Gasteiger charge is -2.03.